The van der Waals surface area contributed by atoms with E-state index in [1.54, 1.807) is 13.8 Å². The van der Waals surface area contributed by atoms with Crippen molar-refractivity contribution in [2.75, 3.05) is 6.54 Å². The summed E-state index contributed by atoms with van der Waals surface area (Å²) in [6, 6.07) is 1.32. The number of likely N-dealkylation sites (tertiary alicyclic amines) is 1. The van der Waals surface area contributed by atoms with Crippen LogP contribution in [0.4, 0.5) is 22.0 Å². The Hall–Kier alpha value is -1.90. The summed E-state index contributed by atoms with van der Waals surface area (Å²) in [6.07, 6.45) is -6.28. The summed E-state index contributed by atoms with van der Waals surface area (Å²) >= 11 is 0. The normalized spacial score (nSPS) is 25.8. The van der Waals surface area contributed by atoms with E-state index >= 15 is 0 Å². The van der Waals surface area contributed by atoms with Gasteiger partial charge in [0.1, 0.15) is 17.5 Å². The lowest BCUT2D eigenvalue weighted by molar-refractivity contribution is -0.289. The average Bonchev–Trinajstić information content (AvgIpc) is 2.92. The molecule has 26 heavy (non-hydrogen) atoms. The molecule has 2 atom stereocenters. The zero-order chi connectivity index (χ0) is 19.5. The Balaban J connectivity index is 2.13. The van der Waals surface area contributed by atoms with Gasteiger partial charge in [0.05, 0.1) is 6.04 Å². The number of nitrogens with zero attached hydrogens (tertiary/aromatic N) is 1. The highest BCUT2D eigenvalue weighted by molar-refractivity contribution is 5.79. The third-order valence-corrected chi connectivity index (χ3v) is 4.88. The molecule has 2 heterocycles. The maximum absolute atomic E-state index is 13.8. The predicted molar refractivity (Wildman–Crippen MR) is 80.8 cm³/mol. The van der Waals surface area contributed by atoms with E-state index in [-0.39, 0.29) is 30.2 Å². The highest BCUT2D eigenvalue weighted by atomic mass is 19.4. The number of hydrogen-bond acceptors (Lipinski definition) is 3. The van der Waals surface area contributed by atoms with Gasteiger partial charge in [-0.25, -0.2) is 0 Å². The third kappa shape index (κ3) is 2.82. The molecule has 144 valence electrons. The van der Waals surface area contributed by atoms with Crippen LogP contribution in [-0.4, -0.2) is 40.3 Å². The van der Waals surface area contributed by atoms with Crippen molar-refractivity contribution in [3.8, 4) is 5.75 Å². The molecule has 1 aromatic carbocycles. The number of ether oxygens (including phenoxy) is 1. The number of fused-ring (bicyclic) bond motifs is 1. The fraction of sp³-hybridized carbons (Fsp3) is 0.588. The van der Waals surface area contributed by atoms with Gasteiger partial charge in [0.25, 0.3) is 0 Å². The molecule has 2 aliphatic heterocycles. The first-order chi connectivity index (χ1) is 11.9. The molecule has 1 fully saturated rings. The molecular weight excluding hydrogens is 361 g/mol. The second-order valence-electron chi connectivity index (χ2n) is 7.11. The van der Waals surface area contributed by atoms with E-state index in [1.165, 1.54) is 4.90 Å². The zero-order valence-electron chi connectivity index (χ0n) is 14.1. The predicted octanol–water partition coefficient (Wildman–Crippen LogP) is 3.54. The number of rotatable bonds is 2. The third-order valence-electron chi connectivity index (χ3n) is 4.88. The monoisotopic (exact) mass is 379 g/mol. The van der Waals surface area contributed by atoms with Crippen LogP contribution in [0.1, 0.15) is 43.9 Å². The SMILES string of the molecule is CC1(C)Oc2ccc(C(F)(F)C(F)(F)F)cc2[C@@H](N2CCCC2=O)[C@@H]1O. The number of carbonyl (C=O) groups excluding carboxylic acids is 1. The molecule has 1 saturated heterocycles. The first-order valence-corrected chi connectivity index (χ1v) is 8.12. The molecular formula is C17H18F5NO3. The zero-order valence-corrected chi connectivity index (χ0v) is 14.1. The first-order valence-electron chi connectivity index (χ1n) is 8.12. The Kier molecular flexibility index (Phi) is 4.21. The van der Waals surface area contributed by atoms with E-state index in [0.717, 1.165) is 6.07 Å². The summed E-state index contributed by atoms with van der Waals surface area (Å²) in [6.45, 7) is 3.41. The number of alkyl halides is 5. The number of aliphatic hydroxyl groups is 1. The van der Waals surface area contributed by atoms with Crippen LogP contribution in [0.5, 0.6) is 5.75 Å². The molecule has 0 aromatic heterocycles. The summed E-state index contributed by atoms with van der Waals surface area (Å²) in [5.74, 6) is -5.27. The standard InChI is InChI=1S/C17H18F5NO3/c1-15(2)14(25)13(23-7-3-4-12(23)24)10-8-9(5-6-11(10)26-15)16(18,19)17(20,21)22/h5-6,8,13-14,25H,3-4,7H2,1-2H3/t13-,14+/m1/s1. The summed E-state index contributed by atoms with van der Waals surface area (Å²) in [7, 11) is 0. The van der Waals surface area contributed by atoms with E-state index in [9.17, 15) is 31.9 Å². The van der Waals surface area contributed by atoms with Crippen LogP contribution in [0.15, 0.2) is 18.2 Å². The van der Waals surface area contributed by atoms with Gasteiger partial charge >= 0.3 is 12.1 Å². The molecule has 9 heteroatoms. The highest BCUT2D eigenvalue weighted by Crippen LogP contribution is 2.49. The van der Waals surface area contributed by atoms with E-state index in [2.05, 4.69) is 0 Å². The lowest BCUT2D eigenvalue weighted by atomic mass is 9.84. The fourth-order valence-electron chi connectivity index (χ4n) is 3.43. The minimum absolute atomic E-state index is 0.0477. The fourth-order valence-corrected chi connectivity index (χ4v) is 3.43. The van der Waals surface area contributed by atoms with Crippen LogP contribution >= 0.6 is 0 Å². The molecule has 1 N–H and O–H groups in total. The van der Waals surface area contributed by atoms with Crippen molar-refractivity contribution >= 4 is 5.91 Å². The van der Waals surface area contributed by atoms with E-state index in [4.69, 9.17) is 4.74 Å². The molecule has 2 aliphatic rings. The van der Waals surface area contributed by atoms with Crippen molar-refractivity contribution in [3.05, 3.63) is 29.3 Å². The summed E-state index contributed by atoms with van der Waals surface area (Å²) < 4.78 is 71.3. The lowest BCUT2D eigenvalue weighted by Gasteiger charge is -2.45. The molecule has 0 bridgehead atoms. The van der Waals surface area contributed by atoms with Gasteiger partial charge in [0.15, 0.2) is 0 Å². The molecule has 3 rings (SSSR count). The number of amides is 1. The molecule has 1 amide bonds. The molecule has 0 radical (unpaired) electrons. The molecule has 0 unspecified atom stereocenters. The van der Waals surface area contributed by atoms with Gasteiger partial charge < -0.3 is 14.7 Å². The number of halogens is 5. The van der Waals surface area contributed by atoms with Gasteiger partial charge in [-0.1, -0.05) is 0 Å². The number of carbonyl (C=O) groups is 1. The summed E-state index contributed by atoms with van der Waals surface area (Å²) in [5.41, 5.74) is -2.45. The minimum Gasteiger partial charge on any atom is -0.485 e. The Morgan fingerprint density at radius 3 is 2.42 bits per heavy atom. The molecule has 0 spiro atoms. The Morgan fingerprint density at radius 1 is 1.23 bits per heavy atom. The minimum atomic E-state index is -5.76. The van der Waals surface area contributed by atoms with E-state index < -0.39 is 35.4 Å². The molecule has 1 aromatic rings. The van der Waals surface area contributed by atoms with E-state index in [0.29, 0.717) is 18.6 Å². The van der Waals surface area contributed by atoms with Crippen LogP contribution in [0, 0.1) is 0 Å². The van der Waals surface area contributed by atoms with Gasteiger partial charge in [0, 0.05) is 24.1 Å². The second-order valence-corrected chi connectivity index (χ2v) is 7.11. The maximum atomic E-state index is 13.8. The van der Waals surface area contributed by atoms with Gasteiger partial charge in [-0.05, 0) is 38.5 Å². The number of benzene rings is 1. The van der Waals surface area contributed by atoms with Crippen LogP contribution in [0.2, 0.25) is 0 Å². The number of aliphatic hydroxyl groups excluding tert-OH is 1. The van der Waals surface area contributed by atoms with Crippen molar-refractivity contribution in [2.45, 2.75) is 56.5 Å². The van der Waals surface area contributed by atoms with Crippen LogP contribution in [-0.2, 0) is 10.7 Å². The largest absolute Gasteiger partial charge is 0.485 e. The maximum Gasteiger partial charge on any atom is 0.458 e. The van der Waals surface area contributed by atoms with Crippen molar-refractivity contribution in [2.24, 2.45) is 0 Å². The summed E-state index contributed by atoms with van der Waals surface area (Å²) in [5, 5.41) is 10.6. The summed E-state index contributed by atoms with van der Waals surface area (Å²) in [4.78, 5) is 13.4. The van der Waals surface area contributed by atoms with Gasteiger partial charge in [-0.3, -0.25) is 4.79 Å². The van der Waals surface area contributed by atoms with Gasteiger partial charge in [0.2, 0.25) is 5.91 Å². The van der Waals surface area contributed by atoms with Crippen LogP contribution < -0.4 is 4.74 Å². The quantitative estimate of drug-likeness (QED) is 0.800. The van der Waals surface area contributed by atoms with Crippen LogP contribution in [0.3, 0.4) is 0 Å². The topological polar surface area (TPSA) is 49.8 Å². The van der Waals surface area contributed by atoms with E-state index in [1.807, 2.05) is 0 Å². The Bertz CT molecular complexity index is 732. The van der Waals surface area contributed by atoms with Crippen molar-refractivity contribution < 1.29 is 36.6 Å². The average molecular weight is 379 g/mol. The van der Waals surface area contributed by atoms with Gasteiger partial charge in [-0.2, -0.15) is 22.0 Å². The Labute approximate surface area is 146 Å². The number of hydrogen-bond donors (Lipinski definition) is 1. The molecule has 4 nitrogen and oxygen atoms in total. The Morgan fingerprint density at radius 2 is 1.88 bits per heavy atom. The molecule has 0 saturated carbocycles. The lowest BCUT2D eigenvalue weighted by Crippen LogP contribution is -2.54. The van der Waals surface area contributed by atoms with Crippen LogP contribution in [0.25, 0.3) is 0 Å². The van der Waals surface area contributed by atoms with Crippen molar-refractivity contribution in [1.82, 2.24) is 4.90 Å². The second kappa shape index (κ2) is 5.80. The first kappa shape index (κ1) is 18.9. The van der Waals surface area contributed by atoms with Crippen molar-refractivity contribution in [1.29, 1.82) is 0 Å². The smallest absolute Gasteiger partial charge is 0.458 e. The molecule has 0 aliphatic carbocycles. The highest BCUT2D eigenvalue weighted by Gasteiger charge is 2.59. The van der Waals surface area contributed by atoms with Gasteiger partial charge in [-0.15, -0.1) is 0 Å². The van der Waals surface area contributed by atoms with Crippen molar-refractivity contribution in [3.63, 3.8) is 0 Å².